The van der Waals surface area contributed by atoms with Crippen LogP contribution in [0, 0.1) is 0 Å². The zero-order valence-electron chi connectivity index (χ0n) is 18.5. The molecule has 0 radical (unpaired) electrons. The molecular formula is C22H26ClN3O6S. The van der Waals surface area contributed by atoms with E-state index < -0.39 is 34.5 Å². The van der Waals surface area contributed by atoms with Gasteiger partial charge in [0.1, 0.15) is 6.04 Å². The van der Waals surface area contributed by atoms with Crippen molar-refractivity contribution < 1.29 is 27.5 Å². The molecule has 1 atom stereocenters. The lowest BCUT2D eigenvalue weighted by Crippen LogP contribution is -2.40. The lowest BCUT2D eigenvalue weighted by Gasteiger charge is -2.18. The average molecular weight is 496 g/mol. The van der Waals surface area contributed by atoms with Gasteiger partial charge in [-0.25, -0.2) is 8.42 Å². The van der Waals surface area contributed by atoms with E-state index in [9.17, 15) is 22.8 Å². The summed E-state index contributed by atoms with van der Waals surface area (Å²) in [5, 5.41) is 2.92. The number of hydrogen-bond acceptors (Lipinski definition) is 6. The highest BCUT2D eigenvalue weighted by atomic mass is 35.5. The van der Waals surface area contributed by atoms with Crippen molar-refractivity contribution in [1.29, 1.82) is 0 Å². The summed E-state index contributed by atoms with van der Waals surface area (Å²) in [6.45, 7) is 5.66. The van der Waals surface area contributed by atoms with Crippen molar-refractivity contribution in [3.63, 3.8) is 0 Å². The quantitative estimate of drug-likeness (QED) is 0.489. The molecule has 2 rings (SSSR count). The second-order valence-corrected chi connectivity index (χ2v) is 9.16. The van der Waals surface area contributed by atoms with Gasteiger partial charge in [-0.15, -0.1) is 0 Å². The molecule has 0 aliphatic rings. The Bertz CT molecular complexity index is 1080. The van der Waals surface area contributed by atoms with E-state index in [1.165, 1.54) is 31.2 Å². The fraction of sp³-hybridized carbons (Fsp3) is 0.318. The minimum atomic E-state index is -3.97. The van der Waals surface area contributed by atoms with Crippen LogP contribution in [-0.4, -0.2) is 56.8 Å². The molecule has 2 N–H and O–H groups in total. The Morgan fingerprint density at radius 1 is 1.00 bits per heavy atom. The molecule has 2 amide bonds. The number of sulfonamides is 1. The standard InChI is InChI=1S/C22H26ClN3O6S/c1-4-26(5-2)21(28)16-6-10-18(11-7-16)24-20(27)14-32-22(29)15(3)25-33(30,31)19-12-8-17(23)9-13-19/h6-13,15,25H,4-5,14H2,1-3H3,(H,24,27)/t15-/m0/s1. The van der Waals surface area contributed by atoms with Crippen molar-refractivity contribution in [1.82, 2.24) is 9.62 Å². The van der Waals surface area contributed by atoms with Gasteiger partial charge in [0.15, 0.2) is 6.61 Å². The summed E-state index contributed by atoms with van der Waals surface area (Å²) < 4.78 is 31.7. The number of rotatable bonds is 10. The maximum Gasteiger partial charge on any atom is 0.324 e. The van der Waals surface area contributed by atoms with E-state index >= 15 is 0 Å². The fourth-order valence-corrected chi connectivity index (χ4v) is 4.13. The Kier molecular flexibility index (Phi) is 9.39. The van der Waals surface area contributed by atoms with Gasteiger partial charge in [-0.05, 0) is 69.3 Å². The highest BCUT2D eigenvalue weighted by molar-refractivity contribution is 7.89. The second-order valence-electron chi connectivity index (χ2n) is 7.01. The lowest BCUT2D eigenvalue weighted by atomic mass is 10.2. The van der Waals surface area contributed by atoms with Crippen molar-refractivity contribution in [3.05, 3.63) is 59.1 Å². The highest BCUT2D eigenvalue weighted by Crippen LogP contribution is 2.15. The average Bonchev–Trinajstić information content (AvgIpc) is 2.78. The first-order chi connectivity index (χ1) is 15.6. The van der Waals surface area contributed by atoms with Crippen molar-refractivity contribution in [2.45, 2.75) is 31.7 Å². The number of anilines is 1. The molecule has 0 aromatic heterocycles. The Balaban J connectivity index is 1.86. The Morgan fingerprint density at radius 2 is 1.58 bits per heavy atom. The summed E-state index contributed by atoms with van der Waals surface area (Å²) in [5.41, 5.74) is 0.911. The van der Waals surface area contributed by atoms with Crippen LogP contribution in [0.4, 0.5) is 5.69 Å². The minimum Gasteiger partial charge on any atom is -0.454 e. The highest BCUT2D eigenvalue weighted by Gasteiger charge is 2.23. The SMILES string of the molecule is CCN(CC)C(=O)c1ccc(NC(=O)COC(=O)[C@H](C)NS(=O)(=O)c2ccc(Cl)cc2)cc1. The molecule has 0 bridgehead atoms. The monoisotopic (exact) mass is 495 g/mol. The van der Waals surface area contributed by atoms with E-state index in [2.05, 4.69) is 10.0 Å². The van der Waals surface area contributed by atoms with Crippen molar-refractivity contribution in [3.8, 4) is 0 Å². The zero-order chi connectivity index (χ0) is 24.6. The Hall–Kier alpha value is -2.95. The molecule has 0 unspecified atom stereocenters. The molecule has 178 valence electrons. The maximum atomic E-state index is 12.3. The molecule has 0 saturated heterocycles. The van der Waals surface area contributed by atoms with Gasteiger partial charge >= 0.3 is 5.97 Å². The van der Waals surface area contributed by atoms with Gasteiger partial charge in [0.2, 0.25) is 10.0 Å². The molecule has 9 nitrogen and oxygen atoms in total. The largest absolute Gasteiger partial charge is 0.454 e. The van der Waals surface area contributed by atoms with Gasteiger partial charge in [-0.3, -0.25) is 14.4 Å². The number of hydrogen-bond donors (Lipinski definition) is 2. The zero-order valence-corrected chi connectivity index (χ0v) is 20.1. The van der Waals surface area contributed by atoms with Crippen LogP contribution >= 0.6 is 11.6 Å². The van der Waals surface area contributed by atoms with E-state index in [-0.39, 0.29) is 10.8 Å². The predicted octanol–water partition coefficient (Wildman–Crippen LogP) is 2.67. The first kappa shape index (κ1) is 26.3. The maximum absolute atomic E-state index is 12.3. The van der Waals surface area contributed by atoms with Crippen molar-refractivity contribution in [2.75, 3.05) is 25.0 Å². The van der Waals surface area contributed by atoms with Crippen LogP contribution in [-0.2, 0) is 24.3 Å². The summed E-state index contributed by atoms with van der Waals surface area (Å²) >= 11 is 5.75. The number of halogens is 1. The summed E-state index contributed by atoms with van der Waals surface area (Å²) in [5.74, 6) is -1.64. The van der Waals surface area contributed by atoms with E-state index in [0.29, 0.717) is 29.4 Å². The molecule has 0 aliphatic heterocycles. The van der Waals surface area contributed by atoms with Crippen molar-refractivity contribution >= 4 is 45.1 Å². The summed E-state index contributed by atoms with van der Waals surface area (Å²) in [6.07, 6.45) is 0. The molecule has 0 fully saturated rings. The number of carbonyl (C=O) groups excluding carboxylic acids is 3. The lowest BCUT2D eigenvalue weighted by molar-refractivity contribution is -0.148. The third-order valence-corrected chi connectivity index (χ3v) is 6.43. The Labute approximate surface area is 198 Å². The van der Waals surface area contributed by atoms with Crippen LogP contribution in [0.15, 0.2) is 53.4 Å². The molecule has 0 spiro atoms. The third kappa shape index (κ3) is 7.55. The molecule has 2 aromatic carbocycles. The van der Waals surface area contributed by atoms with Crippen LogP contribution in [0.3, 0.4) is 0 Å². The van der Waals surface area contributed by atoms with E-state index in [0.717, 1.165) is 0 Å². The number of nitrogens with zero attached hydrogens (tertiary/aromatic N) is 1. The summed E-state index contributed by atoms with van der Waals surface area (Å²) in [7, 11) is -3.97. The molecular weight excluding hydrogens is 470 g/mol. The molecule has 33 heavy (non-hydrogen) atoms. The van der Waals surface area contributed by atoms with Crippen LogP contribution in [0.25, 0.3) is 0 Å². The van der Waals surface area contributed by atoms with Crippen LogP contribution in [0.1, 0.15) is 31.1 Å². The number of ether oxygens (including phenoxy) is 1. The minimum absolute atomic E-state index is 0.0628. The van der Waals surface area contributed by atoms with Gasteiger partial charge in [0.25, 0.3) is 11.8 Å². The van der Waals surface area contributed by atoms with Gasteiger partial charge in [-0.1, -0.05) is 11.6 Å². The second kappa shape index (κ2) is 11.8. The Morgan fingerprint density at radius 3 is 2.12 bits per heavy atom. The van der Waals surface area contributed by atoms with E-state index in [1.807, 2.05) is 13.8 Å². The van der Waals surface area contributed by atoms with Crippen LogP contribution in [0.2, 0.25) is 5.02 Å². The molecule has 2 aromatic rings. The van der Waals surface area contributed by atoms with Crippen LogP contribution in [0.5, 0.6) is 0 Å². The molecule has 0 aliphatic carbocycles. The van der Waals surface area contributed by atoms with Gasteiger partial charge in [0, 0.05) is 29.4 Å². The molecule has 11 heteroatoms. The fourth-order valence-electron chi connectivity index (χ4n) is 2.81. The number of carbonyl (C=O) groups is 3. The summed E-state index contributed by atoms with van der Waals surface area (Å²) in [4.78, 5) is 38.1. The first-order valence-electron chi connectivity index (χ1n) is 10.2. The molecule has 0 heterocycles. The smallest absolute Gasteiger partial charge is 0.324 e. The van der Waals surface area contributed by atoms with Gasteiger partial charge in [0.05, 0.1) is 4.90 Å². The number of benzene rings is 2. The number of esters is 1. The van der Waals surface area contributed by atoms with Crippen LogP contribution < -0.4 is 10.0 Å². The topological polar surface area (TPSA) is 122 Å². The van der Waals surface area contributed by atoms with Gasteiger partial charge < -0.3 is 15.0 Å². The third-order valence-electron chi connectivity index (χ3n) is 4.62. The number of nitrogens with one attached hydrogen (secondary N) is 2. The van der Waals surface area contributed by atoms with Crippen molar-refractivity contribution in [2.24, 2.45) is 0 Å². The summed E-state index contributed by atoms with van der Waals surface area (Å²) in [6, 6.07) is 10.5. The van der Waals surface area contributed by atoms with E-state index in [1.54, 1.807) is 29.2 Å². The molecule has 0 saturated carbocycles. The predicted molar refractivity (Wildman–Crippen MR) is 125 cm³/mol. The van der Waals surface area contributed by atoms with E-state index in [4.69, 9.17) is 16.3 Å². The number of amides is 2. The first-order valence-corrected chi connectivity index (χ1v) is 12.1. The normalized spacial score (nSPS) is 12.0. The van der Waals surface area contributed by atoms with Gasteiger partial charge in [-0.2, -0.15) is 4.72 Å².